The van der Waals surface area contributed by atoms with Crippen molar-refractivity contribution in [3.63, 3.8) is 0 Å². The van der Waals surface area contributed by atoms with Crippen LogP contribution in [0.5, 0.6) is 0 Å². The van der Waals surface area contributed by atoms with Crippen LogP contribution in [-0.4, -0.2) is 64.4 Å². The van der Waals surface area contributed by atoms with E-state index >= 15 is 0 Å². The van der Waals surface area contributed by atoms with E-state index in [0.29, 0.717) is 26.2 Å². The molecular formula is C23H31N5O2S. The van der Waals surface area contributed by atoms with E-state index in [0.717, 1.165) is 22.0 Å². The van der Waals surface area contributed by atoms with Gasteiger partial charge in [0.05, 0.1) is 16.6 Å². The Kier molecular flexibility index (Phi) is 7.69. The Morgan fingerprint density at radius 2 is 1.90 bits per heavy atom. The fourth-order valence-electron chi connectivity index (χ4n) is 3.57. The first kappa shape index (κ1) is 23.2. The highest BCUT2D eigenvalue weighted by Gasteiger charge is 2.36. The lowest BCUT2D eigenvalue weighted by atomic mass is 10.0. The van der Waals surface area contributed by atoms with Crippen molar-refractivity contribution in [3.8, 4) is 0 Å². The van der Waals surface area contributed by atoms with Gasteiger partial charge in [0.15, 0.2) is 0 Å². The van der Waals surface area contributed by atoms with Crippen molar-refractivity contribution < 1.29 is 9.59 Å². The molecule has 8 heteroatoms. The number of pyridine rings is 1. The maximum absolute atomic E-state index is 12.8. The number of nitrogens with zero attached hydrogens (tertiary/aromatic N) is 3. The highest BCUT2D eigenvalue weighted by Crippen LogP contribution is 2.23. The van der Waals surface area contributed by atoms with Gasteiger partial charge in [0.2, 0.25) is 11.8 Å². The van der Waals surface area contributed by atoms with Gasteiger partial charge in [0.25, 0.3) is 0 Å². The Bertz CT molecular complexity index is 898. The number of anilines is 1. The minimum absolute atomic E-state index is 0.0304. The van der Waals surface area contributed by atoms with Gasteiger partial charge in [0.1, 0.15) is 0 Å². The Balaban J connectivity index is 1.52. The number of piperazine rings is 1. The molecule has 31 heavy (non-hydrogen) atoms. The second kappa shape index (κ2) is 10.3. The molecule has 0 spiro atoms. The standard InChI is InChI=1S/C23H31N5O2S/c1-17(27-11-13-28(14-12-27)23(2,3)22(24)30)21(29)26-19-8-6-7-18(15-19)16-31-20-9-4-5-10-25-20/h4-10,15,17H,11-14,16H2,1-3H3,(H2,24,30)(H,26,29)/t17-/m0/s1. The van der Waals surface area contributed by atoms with Gasteiger partial charge in [-0.05, 0) is 50.6 Å². The van der Waals surface area contributed by atoms with Gasteiger partial charge >= 0.3 is 0 Å². The molecule has 1 fully saturated rings. The van der Waals surface area contributed by atoms with Crippen molar-refractivity contribution >= 4 is 29.3 Å². The van der Waals surface area contributed by atoms with E-state index in [9.17, 15) is 9.59 Å². The summed E-state index contributed by atoms with van der Waals surface area (Å²) in [4.78, 5) is 33.1. The number of aromatic nitrogens is 1. The Hall–Kier alpha value is -2.42. The molecule has 1 aromatic carbocycles. The summed E-state index contributed by atoms with van der Waals surface area (Å²) in [5.41, 5.74) is 6.78. The number of primary amides is 1. The van der Waals surface area contributed by atoms with Gasteiger partial charge in [-0.2, -0.15) is 0 Å². The molecule has 2 amide bonds. The summed E-state index contributed by atoms with van der Waals surface area (Å²) < 4.78 is 0. The summed E-state index contributed by atoms with van der Waals surface area (Å²) >= 11 is 1.66. The zero-order valence-electron chi connectivity index (χ0n) is 18.4. The van der Waals surface area contributed by atoms with Crippen LogP contribution in [0, 0.1) is 0 Å². The minimum atomic E-state index is -0.675. The first-order valence-electron chi connectivity index (χ1n) is 10.5. The molecule has 0 aliphatic carbocycles. The van der Waals surface area contributed by atoms with Crippen LogP contribution in [0.1, 0.15) is 26.3 Å². The topological polar surface area (TPSA) is 91.6 Å². The van der Waals surface area contributed by atoms with E-state index in [-0.39, 0.29) is 17.9 Å². The largest absolute Gasteiger partial charge is 0.368 e. The van der Waals surface area contributed by atoms with Crippen molar-refractivity contribution in [3.05, 3.63) is 54.2 Å². The molecule has 0 saturated carbocycles. The fourth-order valence-corrected chi connectivity index (χ4v) is 4.37. The number of benzene rings is 1. The zero-order valence-corrected chi connectivity index (χ0v) is 19.2. The number of nitrogens with two attached hydrogens (primary N) is 1. The summed E-state index contributed by atoms with van der Waals surface area (Å²) in [5, 5.41) is 4.02. The van der Waals surface area contributed by atoms with Crippen molar-refractivity contribution in [2.75, 3.05) is 31.5 Å². The van der Waals surface area contributed by atoms with Gasteiger partial charge in [-0.15, -0.1) is 11.8 Å². The first-order valence-corrected chi connectivity index (χ1v) is 11.5. The average molecular weight is 442 g/mol. The molecule has 0 radical (unpaired) electrons. The molecule has 1 atom stereocenters. The van der Waals surface area contributed by atoms with Crippen LogP contribution in [0.3, 0.4) is 0 Å². The van der Waals surface area contributed by atoms with Crippen LogP contribution in [0.15, 0.2) is 53.7 Å². The van der Waals surface area contributed by atoms with Crippen LogP contribution in [-0.2, 0) is 15.3 Å². The molecule has 3 rings (SSSR count). The van der Waals surface area contributed by atoms with Crippen LogP contribution >= 0.6 is 11.8 Å². The third kappa shape index (κ3) is 6.06. The Morgan fingerprint density at radius 3 is 2.55 bits per heavy atom. The highest BCUT2D eigenvalue weighted by atomic mass is 32.2. The number of carbonyl (C=O) groups is 2. The van der Waals surface area contributed by atoms with E-state index in [1.54, 1.807) is 18.0 Å². The fraction of sp³-hybridized carbons (Fsp3) is 0.435. The van der Waals surface area contributed by atoms with Crippen LogP contribution in [0.4, 0.5) is 5.69 Å². The number of nitrogens with one attached hydrogen (secondary N) is 1. The molecule has 7 nitrogen and oxygen atoms in total. The zero-order chi connectivity index (χ0) is 22.4. The van der Waals surface area contributed by atoms with Crippen molar-refractivity contribution in [1.29, 1.82) is 0 Å². The summed E-state index contributed by atoms with van der Waals surface area (Å²) in [6.45, 7) is 8.45. The number of hydrogen-bond donors (Lipinski definition) is 2. The smallest absolute Gasteiger partial charge is 0.241 e. The molecular weight excluding hydrogens is 410 g/mol. The molecule has 1 aliphatic rings. The maximum atomic E-state index is 12.8. The third-order valence-corrected chi connectivity index (χ3v) is 6.87. The normalized spacial score (nSPS) is 16.6. The van der Waals surface area contributed by atoms with Gasteiger partial charge < -0.3 is 11.1 Å². The summed E-state index contributed by atoms with van der Waals surface area (Å²) in [5.74, 6) is 0.429. The lowest BCUT2D eigenvalue weighted by Crippen LogP contribution is -2.61. The highest BCUT2D eigenvalue weighted by molar-refractivity contribution is 7.98. The number of hydrogen-bond acceptors (Lipinski definition) is 6. The second-order valence-corrected chi connectivity index (χ2v) is 9.26. The Morgan fingerprint density at radius 1 is 1.16 bits per heavy atom. The van der Waals surface area contributed by atoms with Crippen molar-refractivity contribution in [2.45, 2.75) is 43.1 Å². The lowest BCUT2D eigenvalue weighted by molar-refractivity contribution is -0.131. The third-order valence-electron chi connectivity index (χ3n) is 5.85. The average Bonchev–Trinajstić information content (AvgIpc) is 2.78. The predicted molar refractivity (Wildman–Crippen MR) is 125 cm³/mol. The summed E-state index contributed by atoms with van der Waals surface area (Å²) in [6, 6.07) is 13.5. The number of rotatable bonds is 8. The molecule has 1 saturated heterocycles. The molecule has 166 valence electrons. The molecule has 3 N–H and O–H groups in total. The van der Waals surface area contributed by atoms with E-state index in [2.05, 4.69) is 26.2 Å². The molecule has 2 aromatic rings. The molecule has 0 bridgehead atoms. The van der Waals surface area contributed by atoms with Crippen molar-refractivity contribution in [1.82, 2.24) is 14.8 Å². The van der Waals surface area contributed by atoms with E-state index in [1.807, 2.05) is 57.2 Å². The minimum Gasteiger partial charge on any atom is -0.368 e. The van der Waals surface area contributed by atoms with Gasteiger partial charge in [-0.3, -0.25) is 19.4 Å². The summed E-state index contributed by atoms with van der Waals surface area (Å²) in [6.07, 6.45) is 1.79. The van der Waals surface area contributed by atoms with E-state index in [1.165, 1.54) is 0 Å². The van der Waals surface area contributed by atoms with Gasteiger partial charge in [-0.25, -0.2) is 4.98 Å². The quantitative estimate of drug-likeness (QED) is 0.612. The predicted octanol–water partition coefficient (Wildman–Crippen LogP) is 2.58. The summed E-state index contributed by atoms with van der Waals surface area (Å²) in [7, 11) is 0. The number of amides is 2. The van der Waals surface area contributed by atoms with Crippen LogP contribution in [0.2, 0.25) is 0 Å². The molecule has 0 unspecified atom stereocenters. The van der Waals surface area contributed by atoms with Crippen LogP contribution < -0.4 is 11.1 Å². The Labute approximate surface area is 188 Å². The monoisotopic (exact) mass is 441 g/mol. The van der Waals surface area contributed by atoms with E-state index < -0.39 is 5.54 Å². The van der Waals surface area contributed by atoms with Gasteiger partial charge in [0, 0.05) is 43.8 Å². The number of thioether (sulfide) groups is 1. The number of carbonyl (C=O) groups excluding carboxylic acids is 2. The van der Waals surface area contributed by atoms with E-state index in [4.69, 9.17) is 5.73 Å². The van der Waals surface area contributed by atoms with Gasteiger partial charge in [-0.1, -0.05) is 18.2 Å². The van der Waals surface area contributed by atoms with Crippen molar-refractivity contribution in [2.24, 2.45) is 5.73 Å². The second-order valence-electron chi connectivity index (χ2n) is 8.27. The molecule has 1 aliphatic heterocycles. The first-order chi connectivity index (χ1) is 14.8. The molecule has 1 aromatic heterocycles. The van der Waals surface area contributed by atoms with Crippen LogP contribution in [0.25, 0.3) is 0 Å². The molecule has 2 heterocycles. The maximum Gasteiger partial charge on any atom is 0.241 e. The lowest BCUT2D eigenvalue weighted by Gasteiger charge is -2.43. The SMILES string of the molecule is C[C@@H](C(=O)Nc1cccc(CSc2ccccn2)c1)N1CCN(C(C)(C)C(N)=O)CC1.